The Morgan fingerprint density at radius 2 is 1.42 bits per heavy atom. The van der Waals surface area contributed by atoms with Crippen molar-refractivity contribution in [1.29, 1.82) is 0 Å². The molecule has 3 heteroatoms. The van der Waals surface area contributed by atoms with Gasteiger partial charge in [-0.1, -0.05) is 67.1 Å². The molecule has 0 unspecified atom stereocenters. The van der Waals surface area contributed by atoms with E-state index in [2.05, 4.69) is 25.1 Å². The molecule has 1 fully saturated rings. The number of fused-ring (bicyclic) bond motifs is 3. The summed E-state index contributed by atoms with van der Waals surface area (Å²) in [4.78, 5) is 0.475. The van der Waals surface area contributed by atoms with Gasteiger partial charge in [0.05, 0.1) is 10.1 Å². The first-order valence-electron chi connectivity index (χ1n) is 9.89. The van der Waals surface area contributed by atoms with Crippen molar-refractivity contribution in [3.63, 3.8) is 0 Å². The largest absolute Gasteiger partial charge is 0.223 e. The highest BCUT2D eigenvalue weighted by molar-refractivity contribution is 7.91. The molecule has 2 aliphatic carbocycles. The average molecular weight is 369 g/mol. The molecule has 3 atom stereocenters. The molecule has 0 aliphatic heterocycles. The molecule has 0 radical (unpaired) electrons. The molecule has 0 spiro atoms. The van der Waals surface area contributed by atoms with Crippen molar-refractivity contribution in [3.05, 3.63) is 64.7 Å². The van der Waals surface area contributed by atoms with Gasteiger partial charge in [0.1, 0.15) is 0 Å². The minimum atomic E-state index is -3.38. The summed E-state index contributed by atoms with van der Waals surface area (Å²) in [6, 6.07) is 13.9. The van der Waals surface area contributed by atoms with Gasteiger partial charge in [-0.25, -0.2) is 8.42 Å². The average Bonchev–Trinajstić information content (AvgIpc) is 2.87. The first kappa shape index (κ1) is 17.8. The monoisotopic (exact) mass is 368 g/mol. The van der Waals surface area contributed by atoms with Crippen molar-refractivity contribution in [1.82, 2.24) is 0 Å². The highest BCUT2D eigenvalue weighted by Crippen LogP contribution is 2.55. The quantitative estimate of drug-likeness (QED) is 0.663. The van der Waals surface area contributed by atoms with Crippen LogP contribution in [0.3, 0.4) is 0 Å². The lowest BCUT2D eigenvalue weighted by molar-refractivity contribution is 0.342. The number of rotatable bonds is 2. The SMILES string of the molecule is Cc1ccc(S(=O)(=O)[C@H]2c3cc(C)ccc3[C@H]3CCCCCC[C@H]32)cc1. The summed E-state index contributed by atoms with van der Waals surface area (Å²) in [7, 11) is -3.38. The summed E-state index contributed by atoms with van der Waals surface area (Å²) in [5.41, 5.74) is 4.61. The summed E-state index contributed by atoms with van der Waals surface area (Å²) in [5, 5.41) is -0.386. The lowest BCUT2D eigenvalue weighted by atomic mass is 9.82. The third-order valence-electron chi connectivity index (χ3n) is 6.34. The van der Waals surface area contributed by atoms with Gasteiger partial charge in [-0.15, -0.1) is 0 Å². The van der Waals surface area contributed by atoms with E-state index >= 15 is 0 Å². The van der Waals surface area contributed by atoms with Gasteiger partial charge in [-0.3, -0.25) is 0 Å². The second-order valence-electron chi connectivity index (χ2n) is 8.17. The van der Waals surface area contributed by atoms with Gasteiger partial charge in [0.25, 0.3) is 0 Å². The van der Waals surface area contributed by atoms with Crippen molar-refractivity contribution in [2.24, 2.45) is 5.92 Å². The van der Waals surface area contributed by atoms with Crippen molar-refractivity contribution in [3.8, 4) is 0 Å². The van der Waals surface area contributed by atoms with Crippen LogP contribution in [0.5, 0.6) is 0 Å². The third-order valence-corrected chi connectivity index (χ3v) is 8.54. The Morgan fingerprint density at radius 3 is 2.15 bits per heavy atom. The maximum absolute atomic E-state index is 13.7. The molecule has 0 N–H and O–H groups in total. The summed E-state index contributed by atoms with van der Waals surface area (Å²) in [5.74, 6) is 0.620. The number of benzene rings is 2. The second kappa shape index (κ2) is 6.84. The summed E-state index contributed by atoms with van der Waals surface area (Å²) >= 11 is 0. The molecule has 0 aromatic heterocycles. The molecule has 2 nitrogen and oxygen atoms in total. The van der Waals surface area contributed by atoms with Gasteiger partial charge in [0, 0.05) is 0 Å². The summed E-state index contributed by atoms with van der Waals surface area (Å²) in [6.45, 7) is 4.06. The lowest BCUT2D eigenvalue weighted by Gasteiger charge is -2.27. The van der Waals surface area contributed by atoms with E-state index < -0.39 is 9.84 Å². The van der Waals surface area contributed by atoms with Crippen molar-refractivity contribution >= 4 is 9.84 Å². The minimum absolute atomic E-state index is 0.221. The maximum atomic E-state index is 13.7. The molecule has 2 aromatic rings. The fourth-order valence-corrected chi connectivity index (χ4v) is 7.18. The van der Waals surface area contributed by atoms with Crippen LogP contribution in [0.4, 0.5) is 0 Å². The first-order chi connectivity index (χ1) is 12.5. The molecule has 0 saturated heterocycles. The molecule has 2 aliphatic rings. The predicted molar refractivity (Wildman–Crippen MR) is 106 cm³/mol. The third kappa shape index (κ3) is 3.00. The second-order valence-corrected chi connectivity index (χ2v) is 10.2. The molecular weight excluding hydrogens is 340 g/mol. The van der Waals surface area contributed by atoms with Crippen LogP contribution in [0.1, 0.15) is 71.9 Å². The van der Waals surface area contributed by atoms with E-state index in [0.29, 0.717) is 10.8 Å². The van der Waals surface area contributed by atoms with Crippen molar-refractivity contribution in [2.45, 2.75) is 68.4 Å². The maximum Gasteiger partial charge on any atom is 0.185 e. The number of hydrogen-bond donors (Lipinski definition) is 0. The summed E-state index contributed by atoms with van der Waals surface area (Å²) < 4.78 is 27.3. The fourth-order valence-electron chi connectivity index (χ4n) is 5.04. The number of sulfone groups is 1. The topological polar surface area (TPSA) is 34.1 Å². The van der Waals surface area contributed by atoms with Crippen LogP contribution in [0.15, 0.2) is 47.4 Å². The van der Waals surface area contributed by atoms with Gasteiger partial charge in [-0.05, 0) is 61.8 Å². The van der Waals surface area contributed by atoms with Crippen molar-refractivity contribution in [2.75, 3.05) is 0 Å². The highest BCUT2D eigenvalue weighted by Gasteiger charge is 2.47. The Kier molecular flexibility index (Phi) is 4.68. The van der Waals surface area contributed by atoms with Gasteiger partial charge < -0.3 is 0 Å². The Labute approximate surface area is 157 Å². The molecule has 26 heavy (non-hydrogen) atoms. The zero-order valence-corrected chi connectivity index (χ0v) is 16.6. The molecule has 2 aromatic carbocycles. The smallest absolute Gasteiger partial charge is 0.185 e. The standard InChI is InChI=1S/C23H28O2S/c1-16-9-12-18(13-10-16)26(24,25)23-21-8-6-4-3-5-7-19(21)20-14-11-17(2)15-22(20)23/h9-15,19,21,23H,3-8H2,1-2H3/t19-,21-,23-/m1/s1. The Morgan fingerprint density at radius 1 is 0.769 bits per heavy atom. The lowest BCUT2D eigenvalue weighted by Crippen LogP contribution is -2.22. The fraction of sp³-hybridized carbons (Fsp3) is 0.478. The zero-order valence-electron chi connectivity index (χ0n) is 15.7. The Bertz CT molecular complexity index is 896. The van der Waals surface area contributed by atoms with E-state index in [0.717, 1.165) is 36.0 Å². The number of aryl methyl sites for hydroxylation is 2. The Hall–Kier alpha value is -1.61. The van der Waals surface area contributed by atoms with Crippen LogP contribution in [-0.4, -0.2) is 8.42 Å². The van der Waals surface area contributed by atoms with E-state index in [1.54, 1.807) is 12.1 Å². The van der Waals surface area contributed by atoms with Crippen LogP contribution in [0.25, 0.3) is 0 Å². The van der Waals surface area contributed by atoms with E-state index in [4.69, 9.17) is 0 Å². The van der Waals surface area contributed by atoms with Crippen molar-refractivity contribution < 1.29 is 8.42 Å². The normalized spacial score (nSPS) is 25.8. The van der Waals surface area contributed by atoms with Crippen LogP contribution < -0.4 is 0 Å². The Balaban J connectivity index is 1.85. The van der Waals surface area contributed by atoms with Gasteiger partial charge in [0.15, 0.2) is 9.84 Å². The van der Waals surface area contributed by atoms with E-state index in [-0.39, 0.29) is 11.2 Å². The molecule has 1 saturated carbocycles. The predicted octanol–water partition coefficient (Wildman–Crippen LogP) is 5.89. The molecule has 0 bridgehead atoms. The van der Waals surface area contributed by atoms with E-state index in [9.17, 15) is 8.42 Å². The van der Waals surface area contributed by atoms with E-state index in [1.165, 1.54) is 24.8 Å². The zero-order chi connectivity index (χ0) is 18.3. The molecule has 138 valence electrons. The molecule has 0 amide bonds. The van der Waals surface area contributed by atoms with Crippen LogP contribution in [0.2, 0.25) is 0 Å². The molecule has 4 rings (SSSR count). The summed E-state index contributed by atoms with van der Waals surface area (Å²) in [6.07, 6.45) is 7.02. The van der Waals surface area contributed by atoms with Crippen LogP contribution in [-0.2, 0) is 9.84 Å². The minimum Gasteiger partial charge on any atom is -0.223 e. The number of hydrogen-bond acceptors (Lipinski definition) is 2. The van der Waals surface area contributed by atoms with Gasteiger partial charge >= 0.3 is 0 Å². The van der Waals surface area contributed by atoms with Crippen LogP contribution >= 0.6 is 0 Å². The first-order valence-corrected chi connectivity index (χ1v) is 11.4. The molecular formula is C23H28O2S. The van der Waals surface area contributed by atoms with Gasteiger partial charge in [0.2, 0.25) is 0 Å². The highest BCUT2D eigenvalue weighted by atomic mass is 32.2. The van der Waals surface area contributed by atoms with E-state index in [1.807, 2.05) is 19.1 Å². The van der Waals surface area contributed by atoms with Crippen LogP contribution in [0, 0.1) is 19.8 Å². The van der Waals surface area contributed by atoms with Gasteiger partial charge in [-0.2, -0.15) is 0 Å². The molecule has 0 heterocycles.